The summed E-state index contributed by atoms with van der Waals surface area (Å²) in [6, 6.07) is 7.51. The molecule has 0 bridgehead atoms. The molecule has 0 atom stereocenters. The number of benzene rings is 2. The molecule has 0 radical (unpaired) electrons. The first-order valence-electron chi connectivity index (χ1n) is 5.82. The topological polar surface area (TPSA) is 136 Å². The third kappa shape index (κ3) is 3.03. The van der Waals surface area contributed by atoms with E-state index in [1.54, 1.807) is 0 Å². The number of phenolic OH excluding ortho intramolecular Hbond substituents is 2. The fourth-order valence-electron chi connectivity index (χ4n) is 1.64. The van der Waals surface area contributed by atoms with Gasteiger partial charge in [0.1, 0.15) is 22.6 Å². The molecule has 7 nitrogen and oxygen atoms in total. The summed E-state index contributed by atoms with van der Waals surface area (Å²) in [4.78, 5) is 23.6. The summed E-state index contributed by atoms with van der Waals surface area (Å²) >= 11 is 0. The predicted octanol–water partition coefficient (Wildman–Crippen LogP) is 1.26. The van der Waals surface area contributed by atoms with Crippen molar-refractivity contribution >= 4 is 23.3 Å². The van der Waals surface area contributed by atoms with Crippen LogP contribution in [0.1, 0.15) is 20.7 Å². The Morgan fingerprint density at radius 1 is 0.810 bits per heavy atom. The molecule has 0 aromatic heterocycles. The molecule has 0 saturated carbocycles. The highest BCUT2D eigenvalue weighted by molar-refractivity contribution is 6.05. The van der Waals surface area contributed by atoms with Gasteiger partial charge in [0.05, 0.1) is 0 Å². The molecule has 0 unspecified atom stereocenters. The smallest absolute Gasteiger partial charge is 0.349 e. The lowest BCUT2D eigenvalue weighted by Gasteiger charge is -2.07. The van der Waals surface area contributed by atoms with Crippen molar-refractivity contribution < 1.29 is 24.5 Å². The Kier molecular flexibility index (Phi) is 3.66. The van der Waals surface area contributed by atoms with Crippen LogP contribution in [-0.4, -0.2) is 22.2 Å². The van der Waals surface area contributed by atoms with Crippen LogP contribution in [0.25, 0.3) is 0 Å². The second kappa shape index (κ2) is 5.41. The molecule has 0 fully saturated rings. The SMILES string of the molecule is Nc1ccc(C(=O)OC(=O)c2ccc(N)cc2O)c(O)c1. The van der Waals surface area contributed by atoms with E-state index < -0.39 is 23.4 Å². The number of esters is 2. The number of nitrogen functional groups attached to an aromatic ring is 2. The van der Waals surface area contributed by atoms with Gasteiger partial charge in [-0.1, -0.05) is 0 Å². The minimum Gasteiger partial charge on any atom is -0.507 e. The summed E-state index contributed by atoms with van der Waals surface area (Å²) in [5, 5.41) is 19.2. The average Bonchev–Trinajstić information content (AvgIpc) is 2.37. The van der Waals surface area contributed by atoms with E-state index in [0.29, 0.717) is 0 Å². The van der Waals surface area contributed by atoms with Crippen LogP contribution >= 0.6 is 0 Å². The van der Waals surface area contributed by atoms with E-state index in [1.165, 1.54) is 24.3 Å². The van der Waals surface area contributed by atoms with Crippen molar-refractivity contribution in [3.8, 4) is 11.5 Å². The first-order valence-corrected chi connectivity index (χ1v) is 5.82. The van der Waals surface area contributed by atoms with Crippen LogP contribution < -0.4 is 11.5 Å². The molecule has 108 valence electrons. The van der Waals surface area contributed by atoms with Crippen LogP contribution in [0.2, 0.25) is 0 Å². The van der Waals surface area contributed by atoms with Gasteiger partial charge in [0.15, 0.2) is 0 Å². The summed E-state index contributed by atoms with van der Waals surface area (Å²) in [5.74, 6) is -2.94. The van der Waals surface area contributed by atoms with Gasteiger partial charge in [-0.3, -0.25) is 0 Å². The van der Waals surface area contributed by atoms with Crippen molar-refractivity contribution in [3.05, 3.63) is 47.5 Å². The van der Waals surface area contributed by atoms with Crippen molar-refractivity contribution in [1.82, 2.24) is 0 Å². The number of phenols is 2. The maximum absolute atomic E-state index is 11.8. The minimum absolute atomic E-state index is 0.215. The number of rotatable bonds is 2. The van der Waals surface area contributed by atoms with Crippen molar-refractivity contribution in [3.63, 3.8) is 0 Å². The predicted molar refractivity (Wildman–Crippen MR) is 74.8 cm³/mol. The first-order chi connectivity index (χ1) is 9.88. The van der Waals surface area contributed by atoms with E-state index >= 15 is 0 Å². The summed E-state index contributed by atoms with van der Waals surface area (Å²) < 4.78 is 4.58. The fourth-order valence-corrected chi connectivity index (χ4v) is 1.64. The van der Waals surface area contributed by atoms with Crippen LogP contribution in [0, 0.1) is 0 Å². The minimum atomic E-state index is -1.06. The summed E-state index contributed by atoms with van der Waals surface area (Å²) in [5.41, 5.74) is 10.9. The zero-order valence-electron chi connectivity index (χ0n) is 10.7. The Labute approximate surface area is 119 Å². The highest BCUT2D eigenvalue weighted by atomic mass is 16.6. The van der Waals surface area contributed by atoms with E-state index in [-0.39, 0.29) is 22.5 Å². The van der Waals surface area contributed by atoms with Crippen LogP contribution in [0.4, 0.5) is 11.4 Å². The van der Waals surface area contributed by atoms with E-state index in [2.05, 4.69) is 4.74 Å². The van der Waals surface area contributed by atoms with Crippen LogP contribution in [-0.2, 0) is 4.74 Å². The normalized spacial score (nSPS) is 10.1. The second-order valence-corrected chi connectivity index (χ2v) is 4.23. The number of anilines is 2. The molecule has 2 aromatic carbocycles. The summed E-state index contributed by atoms with van der Waals surface area (Å²) in [6.45, 7) is 0. The largest absolute Gasteiger partial charge is 0.507 e. The van der Waals surface area contributed by atoms with E-state index in [1.807, 2.05) is 0 Å². The number of aromatic hydroxyl groups is 2. The number of ether oxygens (including phenoxy) is 1. The lowest BCUT2D eigenvalue weighted by Crippen LogP contribution is -2.13. The quantitative estimate of drug-likeness (QED) is 0.371. The molecular formula is C14H12N2O5. The van der Waals surface area contributed by atoms with E-state index in [9.17, 15) is 19.8 Å². The number of carbonyl (C=O) groups excluding carboxylic acids is 2. The number of hydrogen-bond donors (Lipinski definition) is 4. The fraction of sp³-hybridized carbons (Fsp3) is 0. The first kappa shape index (κ1) is 14.2. The highest BCUT2D eigenvalue weighted by Crippen LogP contribution is 2.24. The molecule has 0 aliphatic carbocycles. The third-order valence-electron chi connectivity index (χ3n) is 2.67. The Balaban J connectivity index is 2.21. The van der Waals surface area contributed by atoms with Gasteiger partial charge in [0, 0.05) is 23.5 Å². The van der Waals surface area contributed by atoms with Crippen molar-refractivity contribution in [2.45, 2.75) is 0 Å². The maximum Gasteiger partial charge on any atom is 0.349 e. The standard InChI is InChI=1S/C14H12N2O5/c15-7-1-3-9(11(17)5-7)13(19)21-14(20)10-4-2-8(16)6-12(10)18/h1-6,17-18H,15-16H2. The van der Waals surface area contributed by atoms with Gasteiger partial charge in [-0.15, -0.1) is 0 Å². The van der Waals surface area contributed by atoms with Crippen LogP contribution in [0.3, 0.4) is 0 Å². The van der Waals surface area contributed by atoms with Gasteiger partial charge in [0.2, 0.25) is 0 Å². The molecule has 0 spiro atoms. The molecule has 2 aromatic rings. The van der Waals surface area contributed by atoms with Gasteiger partial charge >= 0.3 is 11.9 Å². The van der Waals surface area contributed by atoms with E-state index in [4.69, 9.17) is 11.5 Å². The zero-order chi connectivity index (χ0) is 15.6. The number of carbonyl (C=O) groups is 2. The van der Waals surface area contributed by atoms with Gasteiger partial charge in [-0.05, 0) is 24.3 Å². The Bertz CT molecular complexity index is 666. The van der Waals surface area contributed by atoms with Gasteiger partial charge in [-0.25, -0.2) is 9.59 Å². The van der Waals surface area contributed by atoms with Crippen molar-refractivity contribution in [2.75, 3.05) is 11.5 Å². The van der Waals surface area contributed by atoms with Crippen molar-refractivity contribution in [1.29, 1.82) is 0 Å². The van der Waals surface area contributed by atoms with Gasteiger partial charge in [-0.2, -0.15) is 0 Å². The highest BCUT2D eigenvalue weighted by Gasteiger charge is 2.20. The molecular weight excluding hydrogens is 276 g/mol. The molecule has 21 heavy (non-hydrogen) atoms. The zero-order valence-corrected chi connectivity index (χ0v) is 10.7. The Hall–Kier alpha value is -3.22. The van der Waals surface area contributed by atoms with E-state index in [0.717, 1.165) is 12.1 Å². The lowest BCUT2D eigenvalue weighted by molar-refractivity contribution is 0.0394. The molecule has 0 amide bonds. The summed E-state index contributed by atoms with van der Waals surface area (Å²) in [7, 11) is 0. The van der Waals surface area contributed by atoms with Crippen LogP contribution in [0.5, 0.6) is 11.5 Å². The Morgan fingerprint density at radius 3 is 1.52 bits per heavy atom. The molecule has 7 heteroatoms. The molecule has 0 saturated heterocycles. The second-order valence-electron chi connectivity index (χ2n) is 4.23. The van der Waals surface area contributed by atoms with Crippen molar-refractivity contribution in [2.24, 2.45) is 0 Å². The average molecular weight is 288 g/mol. The van der Waals surface area contributed by atoms with Gasteiger partial charge < -0.3 is 26.4 Å². The monoisotopic (exact) mass is 288 g/mol. The van der Waals surface area contributed by atoms with Crippen LogP contribution in [0.15, 0.2) is 36.4 Å². The molecule has 0 aliphatic heterocycles. The van der Waals surface area contributed by atoms with Gasteiger partial charge in [0.25, 0.3) is 0 Å². The number of hydrogen-bond acceptors (Lipinski definition) is 7. The maximum atomic E-state index is 11.8. The molecule has 0 heterocycles. The number of nitrogens with two attached hydrogens (primary N) is 2. The molecule has 0 aliphatic rings. The Morgan fingerprint density at radius 2 is 1.19 bits per heavy atom. The molecule has 6 N–H and O–H groups in total. The lowest BCUT2D eigenvalue weighted by atomic mass is 10.1. The third-order valence-corrected chi connectivity index (χ3v) is 2.67. The molecule has 2 rings (SSSR count). The summed E-state index contributed by atoms with van der Waals surface area (Å²) in [6.07, 6.45) is 0.